The predicted molar refractivity (Wildman–Crippen MR) is 59.4 cm³/mol. The molecule has 1 aliphatic rings. The zero-order chi connectivity index (χ0) is 12.7. The normalized spacial score (nSPS) is 24.8. The number of nitrogens with zero attached hydrogens (tertiary/aromatic N) is 1. The number of nitrogens with two attached hydrogens (primary N) is 1. The third kappa shape index (κ3) is 2.39. The molecule has 1 atom stereocenters. The lowest BCUT2D eigenvalue weighted by Crippen LogP contribution is -2.23. The molecule has 2 rings (SSSR count). The van der Waals surface area contributed by atoms with Crippen LogP contribution in [0, 0.1) is 0 Å². The second-order valence-electron chi connectivity index (χ2n) is 3.63. The van der Waals surface area contributed by atoms with Gasteiger partial charge in [-0.1, -0.05) is 23.9 Å². The van der Waals surface area contributed by atoms with Crippen molar-refractivity contribution in [3.63, 3.8) is 0 Å². The van der Waals surface area contributed by atoms with E-state index in [1.54, 1.807) is 0 Å². The van der Waals surface area contributed by atoms with Crippen molar-refractivity contribution in [2.24, 2.45) is 10.7 Å². The fourth-order valence-corrected chi connectivity index (χ4v) is 2.29. The summed E-state index contributed by atoms with van der Waals surface area (Å²) in [6, 6.07) is 4.26. The van der Waals surface area contributed by atoms with E-state index in [-0.39, 0.29) is 10.9 Å². The van der Waals surface area contributed by atoms with Gasteiger partial charge in [0.05, 0.1) is 11.3 Å². The quantitative estimate of drug-likeness (QED) is 0.812. The zero-order valence-corrected chi connectivity index (χ0v) is 9.35. The maximum absolute atomic E-state index is 12.3. The van der Waals surface area contributed by atoms with Crippen LogP contribution in [-0.4, -0.2) is 16.0 Å². The van der Waals surface area contributed by atoms with Crippen molar-refractivity contribution in [2.75, 3.05) is 5.75 Å². The molecule has 3 nitrogen and oxygen atoms in total. The van der Waals surface area contributed by atoms with Crippen molar-refractivity contribution in [3.8, 4) is 0 Å². The van der Waals surface area contributed by atoms with Gasteiger partial charge < -0.3 is 10.8 Å². The minimum atomic E-state index is -4.38. The SMILES string of the molecule is NC1=NC(O)(c2ccc(C(F)(F)F)cc2)CS1. The fraction of sp³-hybridized carbons (Fsp3) is 0.300. The molecule has 0 saturated heterocycles. The maximum Gasteiger partial charge on any atom is 0.416 e. The Balaban J connectivity index is 2.31. The molecule has 1 aromatic rings. The van der Waals surface area contributed by atoms with E-state index in [2.05, 4.69) is 4.99 Å². The molecule has 0 aliphatic carbocycles. The van der Waals surface area contributed by atoms with E-state index in [1.165, 1.54) is 12.1 Å². The van der Waals surface area contributed by atoms with Gasteiger partial charge >= 0.3 is 6.18 Å². The average Bonchev–Trinajstić information content (AvgIpc) is 2.59. The van der Waals surface area contributed by atoms with Gasteiger partial charge in [-0.05, 0) is 12.1 Å². The number of halogens is 3. The van der Waals surface area contributed by atoms with Crippen LogP contribution >= 0.6 is 11.8 Å². The Morgan fingerprint density at radius 3 is 2.29 bits per heavy atom. The van der Waals surface area contributed by atoms with Crippen LogP contribution in [0.3, 0.4) is 0 Å². The Labute approximate surface area is 99.5 Å². The van der Waals surface area contributed by atoms with Crippen LogP contribution in [0.4, 0.5) is 13.2 Å². The van der Waals surface area contributed by atoms with Crippen molar-refractivity contribution >= 4 is 16.9 Å². The summed E-state index contributed by atoms with van der Waals surface area (Å²) in [4.78, 5) is 3.81. The Morgan fingerprint density at radius 1 is 1.29 bits per heavy atom. The van der Waals surface area contributed by atoms with Crippen LogP contribution in [0.15, 0.2) is 29.3 Å². The largest absolute Gasteiger partial charge is 0.416 e. The molecule has 1 unspecified atom stereocenters. The molecule has 0 bridgehead atoms. The van der Waals surface area contributed by atoms with Gasteiger partial charge in [0.15, 0.2) is 10.9 Å². The number of thioether (sulfide) groups is 1. The second kappa shape index (κ2) is 3.92. The van der Waals surface area contributed by atoms with Crippen molar-refractivity contribution in [1.29, 1.82) is 0 Å². The van der Waals surface area contributed by atoms with E-state index in [9.17, 15) is 18.3 Å². The lowest BCUT2D eigenvalue weighted by molar-refractivity contribution is -0.137. The molecule has 17 heavy (non-hydrogen) atoms. The van der Waals surface area contributed by atoms with E-state index in [1.807, 2.05) is 0 Å². The summed E-state index contributed by atoms with van der Waals surface area (Å²) < 4.78 is 37.0. The third-order valence-corrected chi connectivity index (χ3v) is 3.32. The highest BCUT2D eigenvalue weighted by atomic mass is 32.2. The molecular weight excluding hydrogens is 253 g/mol. The first-order chi connectivity index (χ1) is 7.81. The highest BCUT2D eigenvalue weighted by Crippen LogP contribution is 2.35. The molecular formula is C10H9F3N2OS. The van der Waals surface area contributed by atoms with E-state index in [0.29, 0.717) is 5.56 Å². The highest BCUT2D eigenvalue weighted by molar-refractivity contribution is 8.14. The minimum Gasteiger partial charge on any atom is -0.378 e. The van der Waals surface area contributed by atoms with Gasteiger partial charge in [-0.2, -0.15) is 13.2 Å². The molecule has 1 aromatic carbocycles. The van der Waals surface area contributed by atoms with Gasteiger partial charge in [-0.15, -0.1) is 0 Å². The lowest BCUT2D eigenvalue weighted by atomic mass is 10.0. The smallest absolute Gasteiger partial charge is 0.378 e. The number of hydrogen-bond acceptors (Lipinski definition) is 4. The molecule has 1 aliphatic heterocycles. The van der Waals surface area contributed by atoms with E-state index in [4.69, 9.17) is 5.73 Å². The Bertz CT molecular complexity index is 458. The highest BCUT2D eigenvalue weighted by Gasteiger charge is 2.36. The van der Waals surface area contributed by atoms with Crippen molar-refractivity contribution < 1.29 is 18.3 Å². The predicted octanol–water partition coefficient (Wildman–Crippen LogP) is 1.91. The zero-order valence-electron chi connectivity index (χ0n) is 8.53. The molecule has 7 heteroatoms. The first-order valence-electron chi connectivity index (χ1n) is 4.69. The Kier molecular flexibility index (Phi) is 2.82. The van der Waals surface area contributed by atoms with E-state index < -0.39 is 17.5 Å². The molecule has 0 radical (unpaired) electrons. The third-order valence-electron chi connectivity index (χ3n) is 2.39. The minimum absolute atomic E-state index is 0.212. The summed E-state index contributed by atoms with van der Waals surface area (Å²) in [5.41, 5.74) is 3.45. The van der Waals surface area contributed by atoms with Gasteiger partial charge in [0.2, 0.25) is 0 Å². The van der Waals surface area contributed by atoms with Crippen LogP contribution in [0.25, 0.3) is 0 Å². The standard InChI is InChI=1S/C10H9F3N2OS/c11-10(12,13)7-3-1-6(2-4-7)9(16)5-17-8(14)15-9/h1-4,16H,5H2,(H2,14,15). The maximum atomic E-state index is 12.3. The Morgan fingerprint density at radius 2 is 1.88 bits per heavy atom. The van der Waals surface area contributed by atoms with Gasteiger partial charge in [-0.25, -0.2) is 4.99 Å². The van der Waals surface area contributed by atoms with Gasteiger partial charge in [-0.3, -0.25) is 0 Å². The molecule has 0 fully saturated rings. The Hall–Kier alpha value is -1.21. The van der Waals surface area contributed by atoms with E-state index >= 15 is 0 Å². The van der Waals surface area contributed by atoms with Gasteiger partial charge in [0.25, 0.3) is 0 Å². The number of aliphatic hydroxyl groups is 1. The average molecular weight is 262 g/mol. The number of alkyl halides is 3. The number of hydrogen-bond donors (Lipinski definition) is 2. The summed E-state index contributed by atoms with van der Waals surface area (Å²) in [6.45, 7) is 0. The fourth-order valence-electron chi connectivity index (χ4n) is 1.50. The first kappa shape index (κ1) is 12.3. The lowest BCUT2D eigenvalue weighted by Gasteiger charge is -2.19. The van der Waals surface area contributed by atoms with Crippen LogP contribution in [0.2, 0.25) is 0 Å². The number of benzene rings is 1. The van der Waals surface area contributed by atoms with Gasteiger partial charge in [0, 0.05) is 5.56 Å². The van der Waals surface area contributed by atoms with Crippen LogP contribution in [0.5, 0.6) is 0 Å². The van der Waals surface area contributed by atoms with Crippen LogP contribution in [0.1, 0.15) is 11.1 Å². The van der Waals surface area contributed by atoms with E-state index in [0.717, 1.165) is 23.9 Å². The molecule has 0 aromatic heterocycles. The molecule has 1 heterocycles. The first-order valence-corrected chi connectivity index (χ1v) is 5.68. The second-order valence-corrected chi connectivity index (χ2v) is 4.63. The van der Waals surface area contributed by atoms with Crippen molar-refractivity contribution in [1.82, 2.24) is 0 Å². The van der Waals surface area contributed by atoms with Crippen LogP contribution in [-0.2, 0) is 11.9 Å². The topological polar surface area (TPSA) is 58.6 Å². The van der Waals surface area contributed by atoms with Crippen LogP contribution < -0.4 is 5.73 Å². The molecule has 0 saturated carbocycles. The number of aliphatic imine (C=N–C) groups is 1. The number of rotatable bonds is 1. The van der Waals surface area contributed by atoms with Gasteiger partial charge in [0.1, 0.15) is 0 Å². The monoisotopic (exact) mass is 262 g/mol. The molecule has 3 N–H and O–H groups in total. The summed E-state index contributed by atoms with van der Waals surface area (Å²) in [5.74, 6) is 0.212. The van der Waals surface area contributed by atoms with Crippen molar-refractivity contribution in [3.05, 3.63) is 35.4 Å². The molecule has 92 valence electrons. The molecule has 0 amide bonds. The summed E-state index contributed by atoms with van der Waals surface area (Å²) in [5, 5.41) is 10.3. The van der Waals surface area contributed by atoms with Crippen molar-refractivity contribution in [2.45, 2.75) is 11.9 Å². The number of amidine groups is 1. The summed E-state index contributed by atoms with van der Waals surface area (Å²) in [6.07, 6.45) is -4.38. The summed E-state index contributed by atoms with van der Waals surface area (Å²) in [7, 11) is 0. The summed E-state index contributed by atoms with van der Waals surface area (Å²) >= 11 is 1.16. The molecule has 0 spiro atoms.